The van der Waals surface area contributed by atoms with E-state index < -0.39 is 0 Å². The first-order valence-corrected chi connectivity index (χ1v) is 9.15. The van der Waals surface area contributed by atoms with Crippen LogP contribution in [0, 0.1) is 5.41 Å². The highest BCUT2D eigenvalue weighted by Gasteiger charge is 2.26. The molecular weight excluding hydrogens is 376 g/mol. The second-order valence-corrected chi connectivity index (χ2v) is 7.07. The Balaban J connectivity index is 1.61. The number of nitrogen functional groups attached to an aromatic ring is 1. The molecule has 1 aliphatic carbocycles. The summed E-state index contributed by atoms with van der Waals surface area (Å²) in [6, 6.07) is 0. The van der Waals surface area contributed by atoms with Gasteiger partial charge in [-0.3, -0.25) is 19.1 Å². The third kappa shape index (κ3) is 3.42. The summed E-state index contributed by atoms with van der Waals surface area (Å²) in [5.41, 5.74) is 5.95. The summed E-state index contributed by atoms with van der Waals surface area (Å²) in [7, 11) is 1.84. The highest BCUT2D eigenvalue weighted by Crippen LogP contribution is 2.23. The molecule has 4 rings (SSSR count). The molecule has 0 unspecified atom stereocenters. The number of rotatable bonds is 4. The van der Waals surface area contributed by atoms with E-state index >= 15 is 0 Å². The van der Waals surface area contributed by atoms with Crippen LogP contribution in [0.3, 0.4) is 0 Å². The van der Waals surface area contributed by atoms with Crippen molar-refractivity contribution in [3.63, 3.8) is 0 Å². The number of allylic oxidation sites excluding steroid dienone is 2. The van der Waals surface area contributed by atoms with Gasteiger partial charge in [-0.25, -0.2) is 18.8 Å². The Morgan fingerprint density at radius 3 is 2.79 bits per heavy atom. The van der Waals surface area contributed by atoms with Gasteiger partial charge in [-0.05, 0) is 12.5 Å². The summed E-state index contributed by atoms with van der Waals surface area (Å²) in [5, 5.41) is 10.6. The maximum Gasteiger partial charge on any atom is 0.294 e. The van der Waals surface area contributed by atoms with E-state index in [-0.39, 0.29) is 58.8 Å². The van der Waals surface area contributed by atoms with Crippen molar-refractivity contribution in [3.05, 3.63) is 40.8 Å². The number of ketones is 1. The number of fused-ring (bicyclic) bond motifs is 1. The Labute approximate surface area is 165 Å². The molecule has 0 saturated carbocycles. The molecule has 4 N–H and O–H groups in total. The van der Waals surface area contributed by atoms with Gasteiger partial charge in [0.25, 0.3) is 11.5 Å². The standard InChI is InChI=1S/C18H20N8O3/c1-23-5-6-24(10-23)9-15(28)21-13-8-12(11(19)7-14(13)27)22-16-17(20)25-3-2-4-26(25)18(16)29/h5-6,8,10H,2-4,7,9H2,1H3,(H3-,19,20,21,22,27,28,29)/p+1. The predicted molar refractivity (Wildman–Crippen MR) is 104 cm³/mol. The average Bonchev–Trinajstić information content (AvgIpc) is 3.35. The van der Waals surface area contributed by atoms with Crippen LogP contribution in [-0.4, -0.2) is 37.0 Å². The van der Waals surface area contributed by atoms with Gasteiger partial charge in [-0.2, -0.15) is 0 Å². The van der Waals surface area contributed by atoms with Gasteiger partial charge in [0.05, 0.1) is 30.6 Å². The van der Waals surface area contributed by atoms with Gasteiger partial charge in [-0.15, -0.1) is 0 Å². The number of amides is 1. The van der Waals surface area contributed by atoms with E-state index in [1.807, 2.05) is 7.05 Å². The molecule has 0 bridgehead atoms. The number of imidazole rings is 1. The first kappa shape index (κ1) is 18.6. The first-order chi connectivity index (χ1) is 13.8. The molecule has 11 heteroatoms. The van der Waals surface area contributed by atoms with Gasteiger partial charge < -0.3 is 16.5 Å². The number of nitrogens with two attached hydrogens (primary N) is 1. The Morgan fingerprint density at radius 1 is 1.34 bits per heavy atom. The van der Waals surface area contributed by atoms with Gasteiger partial charge in [-0.1, -0.05) is 0 Å². The number of anilines is 1. The predicted octanol–water partition coefficient (Wildman–Crippen LogP) is -0.973. The molecule has 3 heterocycles. The van der Waals surface area contributed by atoms with Gasteiger partial charge in [0.2, 0.25) is 6.33 Å². The van der Waals surface area contributed by atoms with Crippen LogP contribution in [0.4, 0.5) is 11.5 Å². The number of Topliss-reactive ketones (excluding diaryl/α,β-unsaturated/α-hetero) is 1. The van der Waals surface area contributed by atoms with E-state index in [1.54, 1.807) is 32.5 Å². The molecular formula is C18H21N8O3+. The third-order valence-corrected chi connectivity index (χ3v) is 4.87. The van der Waals surface area contributed by atoms with E-state index in [9.17, 15) is 14.4 Å². The van der Waals surface area contributed by atoms with Crippen molar-refractivity contribution >= 4 is 34.6 Å². The lowest BCUT2D eigenvalue weighted by molar-refractivity contribution is -0.671. The first-order valence-electron chi connectivity index (χ1n) is 9.15. The fraction of sp³-hybridized carbons (Fsp3) is 0.333. The van der Waals surface area contributed by atoms with Crippen LogP contribution in [-0.2, 0) is 36.3 Å². The van der Waals surface area contributed by atoms with Crippen molar-refractivity contribution in [2.45, 2.75) is 32.5 Å². The summed E-state index contributed by atoms with van der Waals surface area (Å²) in [4.78, 5) is 41.3. The number of carbonyl (C=O) groups excluding carboxylic acids is 2. The molecule has 0 saturated heterocycles. The van der Waals surface area contributed by atoms with Gasteiger partial charge in [0.15, 0.2) is 23.8 Å². The zero-order valence-corrected chi connectivity index (χ0v) is 15.9. The summed E-state index contributed by atoms with van der Waals surface area (Å²) in [6.07, 6.45) is 7.22. The second-order valence-electron chi connectivity index (χ2n) is 7.07. The Kier molecular flexibility index (Phi) is 4.49. The van der Waals surface area contributed by atoms with E-state index in [2.05, 4.69) is 10.3 Å². The number of nitrogens with one attached hydrogen (secondary N) is 2. The molecule has 11 nitrogen and oxygen atoms in total. The van der Waals surface area contributed by atoms with Crippen LogP contribution in [0.5, 0.6) is 0 Å². The Bertz CT molecular complexity index is 1160. The minimum absolute atomic E-state index is 0.0272. The van der Waals surface area contributed by atoms with Crippen molar-refractivity contribution in [1.29, 1.82) is 5.41 Å². The number of hydrogen-bond acceptors (Lipinski definition) is 6. The summed E-state index contributed by atoms with van der Waals surface area (Å²) in [5.74, 6) is -0.524. The van der Waals surface area contributed by atoms with Crippen molar-refractivity contribution in [2.75, 3.05) is 5.73 Å². The number of hydrogen-bond donors (Lipinski definition) is 3. The van der Waals surface area contributed by atoms with Crippen molar-refractivity contribution in [3.8, 4) is 0 Å². The SMILES string of the molecule is C[n+]1ccn(CC(=O)NC2=CC(=Nc3c(N)n4n(c3=O)CCC4)C(=N)CC2=O)c1. The van der Waals surface area contributed by atoms with E-state index in [1.165, 1.54) is 10.8 Å². The molecule has 1 amide bonds. The molecule has 29 heavy (non-hydrogen) atoms. The van der Waals surface area contributed by atoms with Crippen molar-refractivity contribution in [1.82, 2.24) is 19.2 Å². The number of nitrogens with zero attached hydrogens (tertiary/aromatic N) is 5. The molecule has 0 spiro atoms. The van der Waals surface area contributed by atoms with Gasteiger partial charge in [0.1, 0.15) is 12.4 Å². The van der Waals surface area contributed by atoms with E-state index in [0.717, 1.165) is 6.42 Å². The fourth-order valence-electron chi connectivity index (χ4n) is 3.46. The molecule has 1 aliphatic heterocycles. The van der Waals surface area contributed by atoms with E-state index in [0.29, 0.717) is 13.1 Å². The zero-order valence-electron chi connectivity index (χ0n) is 15.9. The van der Waals surface area contributed by atoms with Crippen molar-refractivity contribution in [2.24, 2.45) is 12.0 Å². The number of aromatic nitrogens is 4. The second kappa shape index (κ2) is 7.00. The van der Waals surface area contributed by atoms with Crippen molar-refractivity contribution < 1.29 is 14.2 Å². The molecule has 2 aliphatic rings. The number of carbonyl (C=O) groups is 2. The monoisotopic (exact) mass is 397 g/mol. The lowest BCUT2D eigenvalue weighted by Crippen LogP contribution is -2.35. The Hall–Kier alpha value is -3.76. The quantitative estimate of drug-likeness (QED) is 0.570. The van der Waals surface area contributed by atoms with Crippen LogP contribution in [0.2, 0.25) is 0 Å². The van der Waals surface area contributed by atoms with Gasteiger partial charge >= 0.3 is 0 Å². The smallest absolute Gasteiger partial charge is 0.294 e. The maximum absolute atomic E-state index is 12.5. The molecule has 2 aromatic rings. The average molecular weight is 397 g/mol. The summed E-state index contributed by atoms with van der Waals surface area (Å²) >= 11 is 0. The molecule has 150 valence electrons. The fourth-order valence-corrected chi connectivity index (χ4v) is 3.46. The van der Waals surface area contributed by atoms with Crippen LogP contribution in [0.1, 0.15) is 12.8 Å². The van der Waals surface area contributed by atoms with Crippen LogP contribution < -0.4 is 21.2 Å². The zero-order chi connectivity index (χ0) is 20.7. The highest BCUT2D eigenvalue weighted by atomic mass is 16.2. The molecule has 0 radical (unpaired) electrons. The third-order valence-electron chi connectivity index (χ3n) is 4.87. The molecule has 0 atom stereocenters. The number of aryl methyl sites for hydroxylation is 1. The largest absolute Gasteiger partial charge is 0.382 e. The molecule has 2 aromatic heterocycles. The Morgan fingerprint density at radius 2 is 2.10 bits per heavy atom. The van der Waals surface area contributed by atoms with Crippen LogP contribution >= 0.6 is 0 Å². The van der Waals surface area contributed by atoms with Gasteiger partial charge in [0, 0.05) is 13.1 Å². The topological polar surface area (TPSA) is 144 Å². The molecule has 0 aromatic carbocycles. The lowest BCUT2D eigenvalue weighted by Gasteiger charge is -2.15. The van der Waals surface area contributed by atoms with E-state index in [4.69, 9.17) is 11.1 Å². The lowest BCUT2D eigenvalue weighted by atomic mass is 9.99. The summed E-state index contributed by atoms with van der Waals surface area (Å²) in [6.45, 7) is 1.24. The molecule has 0 fully saturated rings. The minimum atomic E-state index is -0.385. The summed E-state index contributed by atoms with van der Waals surface area (Å²) < 4.78 is 6.66. The minimum Gasteiger partial charge on any atom is -0.382 e. The normalized spacial score (nSPS) is 17.6. The van der Waals surface area contributed by atoms with Crippen LogP contribution in [0.15, 0.2) is 40.3 Å². The maximum atomic E-state index is 12.5. The number of aliphatic imine (C=N–C) groups is 1. The highest BCUT2D eigenvalue weighted by molar-refractivity contribution is 6.51. The van der Waals surface area contributed by atoms with Crippen LogP contribution in [0.25, 0.3) is 0 Å².